The molecule has 0 atom stereocenters. The molecule has 0 aromatic rings. The van der Waals surface area contributed by atoms with E-state index in [1.165, 1.54) is 0 Å². The van der Waals surface area contributed by atoms with E-state index >= 15 is 0 Å². The van der Waals surface area contributed by atoms with Crippen molar-refractivity contribution in [3.63, 3.8) is 0 Å². The Morgan fingerprint density at radius 3 is 0.286 bits per heavy atom. The normalized spacial score (nSPS) is 0. The van der Waals surface area contributed by atoms with Gasteiger partial charge in [-0.1, -0.05) is 0 Å². The summed E-state index contributed by atoms with van der Waals surface area (Å²) < 4.78 is 0. The van der Waals surface area contributed by atoms with Gasteiger partial charge in [-0.05, 0) is 0 Å². The molecule has 0 amide bonds. The molecule has 0 aliphatic heterocycles. The van der Waals surface area contributed by atoms with Crippen LogP contribution in [0.15, 0.2) is 0 Å². The summed E-state index contributed by atoms with van der Waals surface area (Å²) in [4.78, 5) is 0. The Hall–Kier alpha value is 0.279. The van der Waals surface area contributed by atoms with Crippen LogP contribution in [0.5, 0.6) is 0 Å². The van der Waals surface area contributed by atoms with Crippen molar-refractivity contribution < 1.29 is 49.9 Å². The predicted molar refractivity (Wildman–Crippen MR) is 29.2 cm³/mol. The molecule has 6 nitrogen and oxygen atoms in total. The van der Waals surface area contributed by atoms with Gasteiger partial charge < -0.3 is 32.9 Å². The molecule has 7 heavy (non-hydrogen) atoms. The molecule has 0 spiro atoms. The standard InChI is InChI=1S/Fe.6H2O/h;6*1H2/q+2;;;;;;/p+6. The van der Waals surface area contributed by atoms with Gasteiger partial charge in [0.2, 0.25) is 0 Å². The van der Waals surface area contributed by atoms with Gasteiger partial charge in [-0.2, -0.15) is 0 Å². The molecule has 0 aromatic heterocycles. The Morgan fingerprint density at radius 1 is 0.286 bits per heavy atom. The van der Waals surface area contributed by atoms with E-state index in [4.69, 9.17) is 0 Å². The van der Waals surface area contributed by atoms with Crippen LogP contribution in [0.4, 0.5) is 0 Å². The average Bonchev–Trinajstić information content (AvgIpc) is 0. The van der Waals surface area contributed by atoms with Crippen molar-refractivity contribution in [3.05, 3.63) is 0 Å². The van der Waals surface area contributed by atoms with Crippen molar-refractivity contribution in [1.82, 2.24) is 0 Å². The molecule has 0 heterocycles. The first kappa shape index (κ1) is 3670. The molecule has 0 saturated heterocycles. The minimum absolute atomic E-state index is 0. The number of hydrogen-bond acceptors (Lipinski definition) is 0. The fourth-order valence-electron chi connectivity index (χ4n) is 0. The van der Waals surface area contributed by atoms with Gasteiger partial charge in [0.05, 0.1) is 0 Å². The summed E-state index contributed by atoms with van der Waals surface area (Å²) in [5, 5.41) is 0. The Labute approximate surface area is 50.8 Å². The Bertz CT molecular complexity index is 4.14. The maximum absolute atomic E-state index is 0. The fourth-order valence-corrected chi connectivity index (χ4v) is 0. The first-order chi connectivity index (χ1) is 0. The van der Waals surface area contributed by atoms with Crippen LogP contribution in [0.2, 0.25) is 0 Å². The Kier molecular flexibility index (Phi) is 1180000. The van der Waals surface area contributed by atoms with Crippen molar-refractivity contribution in [2.75, 3.05) is 0 Å². The summed E-state index contributed by atoms with van der Waals surface area (Å²) in [5.74, 6) is 0. The monoisotopic (exact) mass is 170 g/mol. The molecule has 0 rings (SSSR count). The van der Waals surface area contributed by atoms with Gasteiger partial charge in [0.25, 0.3) is 0 Å². The molecule has 0 radical (unpaired) electrons. The van der Waals surface area contributed by atoms with Crippen molar-refractivity contribution in [2.24, 2.45) is 0 Å². The molecule has 54 valence electrons. The Balaban J connectivity index is 0. The Morgan fingerprint density at radius 2 is 0.286 bits per heavy atom. The minimum atomic E-state index is 0. The molecule has 0 aliphatic carbocycles. The molecule has 0 aromatic carbocycles. The maximum atomic E-state index is 0. The molecule has 0 fully saturated rings. The third kappa shape index (κ3) is 1470. The predicted octanol–water partition coefficient (Wildman–Crippen LogP) is -5.53. The van der Waals surface area contributed by atoms with Crippen molar-refractivity contribution in [3.8, 4) is 0 Å². The van der Waals surface area contributed by atoms with E-state index < -0.39 is 0 Å². The first-order valence-corrected chi connectivity index (χ1v) is 0. The molecule has 0 bridgehead atoms. The second-order valence-electron chi connectivity index (χ2n) is 0. The first-order valence-electron chi connectivity index (χ1n) is 0. The summed E-state index contributed by atoms with van der Waals surface area (Å²) in [6, 6.07) is 0. The van der Waals surface area contributed by atoms with E-state index in [2.05, 4.69) is 0 Å². The largest absolute Gasteiger partial charge is 2.00 e. The van der Waals surface area contributed by atoms with Crippen LogP contribution in [0.25, 0.3) is 0 Å². The zero-order valence-corrected chi connectivity index (χ0v) is 4.92. The van der Waals surface area contributed by atoms with Gasteiger partial charge in [0, 0.05) is 0 Å². The van der Waals surface area contributed by atoms with Crippen LogP contribution >= 0.6 is 0 Å². The van der Waals surface area contributed by atoms with Gasteiger partial charge in [-0.15, -0.1) is 0 Å². The topological polar surface area (TPSA) is 198 Å². The quantitative estimate of drug-likeness (QED) is 0.246. The summed E-state index contributed by atoms with van der Waals surface area (Å²) in [6.45, 7) is 0. The third-order valence-corrected chi connectivity index (χ3v) is 0. The third-order valence-electron chi connectivity index (χ3n) is 0. The van der Waals surface area contributed by atoms with Gasteiger partial charge in [-0.25, -0.2) is 0 Å². The van der Waals surface area contributed by atoms with Crippen LogP contribution in [0.1, 0.15) is 0 Å². The van der Waals surface area contributed by atoms with Crippen LogP contribution in [-0.2, 0) is 49.9 Å². The SMILES string of the molecule is [Fe+2].[OH3+].[OH3+].[OH3+].[OH3+].[OH3+].[OH3+]. The fraction of sp³-hybridized carbons (Fsp3) is 0. The van der Waals surface area contributed by atoms with E-state index in [9.17, 15) is 0 Å². The van der Waals surface area contributed by atoms with Crippen molar-refractivity contribution in [2.45, 2.75) is 0 Å². The molecular formula is H18FeO6+8. The molecule has 18 N–H and O–H groups in total. The second-order valence-corrected chi connectivity index (χ2v) is 0. The zero-order chi connectivity index (χ0) is 0. The summed E-state index contributed by atoms with van der Waals surface area (Å²) >= 11 is 0. The molecular weight excluding hydrogens is 152 g/mol. The minimum Gasteiger partial charge on any atom is -0.457 e. The van der Waals surface area contributed by atoms with Crippen molar-refractivity contribution >= 4 is 0 Å². The molecule has 0 aliphatic rings. The molecule has 0 saturated carbocycles. The zero-order valence-electron chi connectivity index (χ0n) is 3.82. The number of hydrogen-bond donors (Lipinski definition) is 0. The summed E-state index contributed by atoms with van der Waals surface area (Å²) in [5.41, 5.74) is 0. The maximum Gasteiger partial charge on any atom is 2.00 e. The van der Waals surface area contributed by atoms with Gasteiger partial charge >= 0.3 is 17.1 Å². The van der Waals surface area contributed by atoms with E-state index in [0.29, 0.717) is 0 Å². The van der Waals surface area contributed by atoms with Crippen LogP contribution < -0.4 is 0 Å². The smallest absolute Gasteiger partial charge is 0.457 e. The van der Waals surface area contributed by atoms with E-state index in [1.807, 2.05) is 0 Å². The molecule has 0 unspecified atom stereocenters. The van der Waals surface area contributed by atoms with Crippen molar-refractivity contribution in [1.29, 1.82) is 0 Å². The number of rotatable bonds is 0. The summed E-state index contributed by atoms with van der Waals surface area (Å²) in [6.07, 6.45) is 0. The van der Waals surface area contributed by atoms with Gasteiger partial charge in [0.1, 0.15) is 0 Å². The van der Waals surface area contributed by atoms with E-state index in [0.717, 1.165) is 0 Å². The van der Waals surface area contributed by atoms with Crippen LogP contribution in [0.3, 0.4) is 0 Å². The van der Waals surface area contributed by atoms with Crippen LogP contribution in [0, 0.1) is 0 Å². The summed E-state index contributed by atoms with van der Waals surface area (Å²) in [7, 11) is 0. The van der Waals surface area contributed by atoms with E-state index in [-0.39, 0.29) is 49.9 Å². The van der Waals surface area contributed by atoms with Crippen LogP contribution in [-0.4, -0.2) is 0 Å². The van der Waals surface area contributed by atoms with Gasteiger partial charge in [-0.3, -0.25) is 0 Å². The average molecular weight is 170 g/mol. The van der Waals surface area contributed by atoms with E-state index in [1.54, 1.807) is 0 Å². The van der Waals surface area contributed by atoms with Gasteiger partial charge in [0.15, 0.2) is 0 Å². The molecule has 7 heteroatoms. The second kappa shape index (κ2) is 2240.